The van der Waals surface area contributed by atoms with Gasteiger partial charge in [0.2, 0.25) is 5.88 Å². The highest BCUT2D eigenvalue weighted by atomic mass is 16.7. The van der Waals surface area contributed by atoms with Crippen molar-refractivity contribution in [2.75, 3.05) is 26.4 Å². The summed E-state index contributed by atoms with van der Waals surface area (Å²) in [5, 5.41) is 7.68. The average Bonchev–Trinajstić information content (AvgIpc) is 3.04. The largest absolute Gasteiger partial charge is 0.475 e. The van der Waals surface area contributed by atoms with Gasteiger partial charge in [-0.2, -0.15) is 5.10 Å². The molecule has 2 fully saturated rings. The summed E-state index contributed by atoms with van der Waals surface area (Å²) in [7, 11) is 0. The molecule has 0 unspecified atom stereocenters. The Morgan fingerprint density at radius 3 is 2.61 bits per heavy atom. The van der Waals surface area contributed by atoms with Gasteiger partial charge in [0.15, 0.2) is 5.79 Å². The summed E-state index contributed by atoms with van der Waals surface area (Å²) in [5.41, 5.74) is -0.686. The first-order chi connectivity index (χ1) is 11.2. The SMILES string of the molecule is CCOC(=O)C1(COc2cccnn2)CCC2(CC1)OCCO2. The van der Waals surface area contributed by atoms with Crippen LogP contribution in [0.2, 0.25) is 0 Å². The topological polar surface area (TPSA) is 79.8 Å². The van der Waals surface area contributed by atoms with Crippen LogP contribution in [-0.4, -0.2) is 48.4 Å². The van der Waals surface area contributed by atoms with Crippen LogP contribution in [-0.2, 0) is 19.0 Å². The Hall–Kier alpha value is -1.73. The third-order valence-corrected chi connectivity index (χ3v) is 4.54. The van der Waals surface area contributed by atoms with Crippen molar-refractivity contribution in [2.45, 2.75) is 38.4 Å². The standard InChI is InChI=1S/C16H22N2O5/c1-2-20-14(19)15(12-21-13-4-3-9-17-18-13)5-7-16(8-6-15)22-10-11-23-16/h3-4,9H,2,5-8,10-12H2,1H3. The Morgan fingerprint density at radius 1 is 1.26 bits per heavy atom. The third kappa shape index (κ3) is 3.45. The molecule has 0 aromatic carbocycles. The van der Waals surface area contributed by atoms with Crippen molar-refractivity contribution < 1.29 is 23.7 Å². The minimum atomic E-state index is -0.686. The zero-order valence-electron chi connectivity index (χ0n) is 13.3. The lowest BCUT2D eigenvalue weighted by atomic mass is 9.72. The summed E-state index contributed by atoms with van der Waals surface area (Å²) in [4.78, 5) is 12.5. The number of hydrogen-bond acceptors (Lipinski definition) is 7. The molecule has 1 saturated carbocycles. The summed E-state index contributed by atoms with van der Waals surface area (Å²) in [6.45, 7) is 3.61. The maximum Gasteiger partial charge on any atom is 0.315 e. The second-order valence-corrected chi connectivity index (χ2v) is 5.96. The minimum absolute atomic E-state index is 0.223. The van der Waals surface area contributed by atoms with E-state index in [1.165, 1.54) is 0 Å². The summed E-state index contributed by atoms with van der Waals surface area (Å²) in [5.74, 6) is -0.343. The Balaban J connectivity index is 1.69. The van der Waals surface area contributed by atoms with Gasteiger partial charge in [0, 0.05) is 25.1 Å². The van der Waals surface area contributed by atoms with Crippen LogP contribution >= 0.6 is 0 Å². The number of aromatic nitrogens is 2. The first-order valence-electron chi connectivity index (χ1n) is 8.04. The van der Waals surface area contributed by atoms with Crippen LogP contribution in [0.4, 0.5) is 0 Å². The third-order valence-electron chi connectivity index (χ3n) is 4.54. The molecule has 126 valence electrons. The van der Waals surface area contributed by atoms with Crippen LogP contribution in [0, 0.1) is 5.41 Å². The van der Waals surface area contributed by atoms with E-state index in [9.17, 15) is 4.79 Å². The fourth-order valence-electron chi connectivity index (χ4n) is 3.16. The van der Waals surface area contributed by atoms with Gasteiger partial charge >= 0.3 is 5.97 Å². The van der Waals surface area contributed by atoms with Crippen molar-refractivity contribution in [2.24, 2.45) is 5.41 Å². The maximum atomic E-state index is 12.5. The van der Waals surface area contributed by atoms with Crippen LogP contribution in [0.15, 0.2) is 18.3 Å². The van der Waals surface area contributed by atoms with Crippen molar-refractivity contribution in [3.8, 4) is 5.88 Å². The van der Waals surface area contributed by atoms with Crippen molar-refractivity contribution in [3.05, 3.63) is 18.3 Å². The number of ether oxygens (including phenoxy) is 4. The van der Waals surface area contributed by atoms with Crippen LogP contribution in [0.25, 0.3) is 0 Å². The zero-order chi connectivity index (χ0) is 16.2. The quantitative estimate of drug-likeness (QED) is 0.764. The summed E-state index contributed by atoms with van der Waals surface area (Å²) < 4.78 is 22.5. The molecule has 0 N–H and O–H groups in total. The molecular weight excluding hydrogens is 300 g/mol. The molecular formula is C16H22N2O5. The van der Waals surface area contributed by atoms with E-state index in [0.29, 0.717) is 51.4 Å². The van der Waals surface area contributed by atoms with Crippen molar-refractivity contribution in [1.29, 1.82) is 0 Å². The van der Waals surface area contributed by atoms with E-state index >= 15 is 0 Å². The lowest BCUT2D eigenvalue weighted by Crippen LogP contribution is -2.47. The molecule has 7 nitrogen and oxygen atoms in total. The van der Waals surface area contributed by atoms with Crippen LogP contribution in [0.3, 0.4) is 0 Å². The smallest absolute Gasteiger partial charge is 0.315 e. The van der Waals surface area contributed by atoms with E-state index in [4.69, 9.17) is 18.9 Å². The zero-order valence-corrected chi connectivity index (χ0v) is 13.3. The molecule has 1 aliphatic heterocycles. The predicted molar refractivity (Wildman–Crippen MR) is 79.7 cm³/mol. The fourth-order valence-corrected chi connectivity index (χ4v) is 3.16. The summed E-state index contributed by atoms with van der Waals surface area (Å²) in [6, 6.07) is 3.47. The maximum absolute atomic E-state index is 12.5. The molecule has 7 heteroatoms. The first kappa shape index (κ1) is 16.1. The number of nitrogens with zero attached hydrogens (tertiary/aromatic N) is 2. The highest BCUT2D eigenvalue weighted by molar-refractivity contribution is 5.77. The van der Waals surface area contributed by atoms with Crippen molar-refractivity contribution >= 4 is 5.97 Å². The Bertz CT molecular complexity index is 521. The second kappa shape index (κ2) is 6.80. The Kier molecular flexibility index (Phi) is 4.77. The van der Waals surface area contributed by atoms with Gasteiger partial charge in [-0.3, -0.25) is 4.79 Å². The predicted octanol–water partition coefficient (Wildman–Crippen LogP) is 1.72. The normalized spacial score (nSPS) is 22.0. The lowest BCUT2D eigenvalue weighted by molar-refractivity contribution is -0.202. The van der Waals surface area contributed by atoms with Gasteiger partial charge < -0.3 is 18.9 Å². The Morgan fingerprint density at radius 2 is 2.00 bits per heavy atom. The van der Waals surface area contributed by atoms with E-state index in [1.807, 2.05) is 6.92 Å². The van der Waals surface area contributed by atoms with E-state index in [0.717, 1.165) is 0 Å². The fraction of sp³-hybridized carbons (Fsp3) is 0.688. The van der Waals surface area contributed by atoms with E-state index in [-0.39, 0.29) is 12.6 Å². The summed E-state index contributed by atoms with van der Waals surface area (Å²) >= 11 is 0. The molecule has 0 atom stereocenters. The molecule has 1 saturated heterocycles. The molecule has 0 bridgehead atoms. The monoisotopic (exact) mass is 322 g/mol. The number of hydrogen-bond donors (Lipinski definition) is 0. The highest BCUT2D eigenvalue weighted by Gasteiger charge is 2.51. The average molecular weight is 322 g/mol. The molecule has 1 aromatic heterocycles. The van der Waals surface area contributed by atoms with E-state index in [2.05, 4.69) is 10.2 Å². The van der Waals surface area contributed by atoms with E-state index < -0.39 is 11.2 Å². The van der Waals surface area contributed by atoms with Gasteiger partial charge in [-0.25, -0.2) is 0 Å². The van der Waals surface area contributed by atoms with Gasteiger partial charge in [-0.05, 0) is 25.8 Å². The number of carbonyl (C=O) groups is 1. The molecule has 0 radical (unpaired) electrons. The molecule has 3 rings (SSSR count). The highest BCUT2D eigenvalue weighted by Crippen LogP contribution is 2.45. The molecule has 0 amide bonds. The van der Waals surface area contributed by atoms with Gasteiger partial charge in [0.05, 0.1) is 19.8 Å². The van der Waals surface area contributed by atoms with Crippen molar-refractivity contribution in [1.82, 2.24) is 10.2 Å². The number of carbonyl (C=O) groups excluding carboxylic acids is 1. The summed E-state index contributed by atoms with van der Waals surface area (Å²) in [6.07, 6.45) is 4.11. The van der Waals surface area contributed by atoms with Gasteiger partial charge in [0.1, 0.15) is 12.0 Å². The first-order valence-corrected chi connectivity index (χ1v) is 8.04. The molecule has 1 aromatic rings. The van der Waals surface area contributed by atoms with Crippen LogP contribution in [0.5, 0.6) is 5.88 Å². The molecule has 1 aliphatic carbocycles. The van der Waals surface area contributed by atoms with E-state index in [1.54, 1.807) is 18.3 Å². The number of rotatable bonds is 5. The molecule has 23 heavy (non-hydrogen) atoms. The van der Waals surface area contributed by atoms with Gasteiger partial charge in [-0.1, -0.05) is 0 Å². The van der Waals surface area contributed by atoms with Gasteiger partial charge in [-0.15, -0.1) is 5.10 Å². The molecule has 2 heterocycles. The Labute approximate surface area is 135 Å². The van der Waals surface area contributed by atoms with Gasteiger partial charge in [0.25, 0.3) is 0 Å². The van der Waals surface area contributed by atoms with Crippen LogP contribution < -0.4 is 4.74 Å². The van der Waals surface area contributed by atoms with Crippen LogP contribution in [0.1, 0.15) is 32.6 Å². The molecule has 2 aliphatic rings. The minimum Gasteiger partial charge on any atom is -0.475 e. The van der Waals surface area contributed by atoms with Crippen molar-refractivity contribution in [3.63, 3.8) is 0 Å². The second-order valence-electron chi connectivity index (χ2n) is 5.96. The molecule has 1 spiro atoms. The lowest BCUT2D eigenvalue weighted by Gasteiger charge is -2.41. The number of esters is 1.